The van der Waals surface area contributed by atoms with Crippen LogP contribution in [0.15, 0.2) is 143 Å². The van der Waals surface area contributed by atoms with Gasteiger partial charge in [0.25, 0.3) is 17.7 Å². The van der Waals surface area contributed by atoms with Gasteiger partial charge in [-0.25, -0.2) is 9.69 Å². The zero-order chi connectivity index (χ0) is 37.5. The summed E-state index contributed by atoms with van der Waals surface area (Å²) >= 11 is 0. The first kappa shape index (κ1) is 41.1. The maximum atomic E-state index is 13.7. The van der Waals surface area contributed by atoms with Crippen LogP contribution in [0.25, 0.3) is 17.3 Å². The van der Waals surface area contributed by atoms with Crippen LogP contribution in [0.4, 0.5) is 16.2 Å². The SMILES string of the molecule is N=C(O)Pc1cccc(N2C(=O)NC(=O)C(=CC=C(C=Cc3[c-][nH]c(=O)n(-c4cccc(NC(=O)c5ccccc5)c4)c3=O)c3ccccc3)C2=O)c1.[Li+].[OH-]. The van der Waals surface area contributed by atoms with Crippen molar-refractivity contribution >= 4 is 66.3 Å². The van der Waals surface area contributed by atoms with E-state index < -0.39 is 43.3 Å². The maximum absolute atomic E-state index is 13.7. The molecule has 0 saturated carbocycles. The quantitative estimate of drug-likeness (QED) is 0.0205. The smallest absolute Gasteiger partial charge is 0.870 e. The van der Waals surface area contributed by atoms with Crippen molar-refractivity contribution in [2.45, 2.75) is 0 Å². The van der Waals surface area contributed by atoms with E-state index in [0.29, 0.717) is 27.7 Å². The molecule has 1 unspecified atom stereocenters. The Morgan fingerprint density at radius 3 is 2.18 bits per heavy atom. The second-order valence-electron chi connectivity index (χ2n) is 11.3. The number of carbonyl (C=O) groups is 4. The Hall–Kier alpha value is -6.68. The number of hydrogen-bond acceptors (Lipinski definition) is 8. The topological polar surface area (TPSA) is 225 Å². The minimum Gasteiger partial charge on any atom is -0.870 e. The number of allylic oxidation sites excluding steroid dienone is 4. The Morgan fingerprint density at radius 2 is 1.49 bits per heavy atom. The number of aliphatic hydroxyl groups excluding tert-OH is 1. The molecule has 5 amide bonds. The summed E-state index contributed by atoms with van der Waals surface area (Å²) in [6, 6.07) is 28.8. The fraction of sp³-hybridized carbons (Fsp3) is 0. The average Bonchev–Trinajstić information content (AvgIpc) is 3.14. The van der Waals surface area contributed by atoms with E-state index >= 15 is 0 Å². The van der Waals surface area contributed by atoms with Gasteiger partial charge in [0.15, 0.2) is 5.56 Å². The number of amides is 5. The molecule has 5 aromatic rings. The van der Waals surface area contributed by atoms with Gasteiger partial charge < -0.3 is 35.0 Å². The van der Waals surface area contributed by atoms with Gasteiger partial charge in [-0.3, -0.25) is 25.1 Å². The van der Waals surface area contributed by atoms with E-state index in [1.807, 2.05) is 0 Å². The van der Waals surface area contributed by atoms with Gasteiger partial charge in [0, 0.05) is 25.5 Å². The summed E-state index contributed by atoms with van der Waals surface area (Å²) in [7, 11) is -0.395. The predicted molar refractivity (Wildman–Crippen MR) is 205 cm³/mol. The van der Waals surface area contributed by atoms with E-state index in [1.54, 1.807) is 97.1 Å². The molecule has 0 bridgehead atoms. The Bertz CT molecular complexity index is 2500. The summed E-state index contributed by atoms with van der Waals surface area (Å²) in [5, 5.41) is 22.2. The first-order valence-electron chi connectivity index (χ1n) is 15.8. The number of aromatic amines is 1. The van der Waals surface area contributed by atoms with Crippen LogP contribution in [-0.2, 0) is 9.59 Å². The van der Waals surface area contributed by atoms with Crippen LogP contribution >= 0.6 is 8.58 Å². The number of nitrogens with one attached hydrogen (secondary N) is 4. The summed E-state index contributed by atoms with van der Waals surface area (Å²) in [4.78, 5) is 81.7. The largest absolute Gasteiger partial charge is 1.00 e. The van der Waals surface area contributed by atoms with Gasteiger partial charge in [0.1, 0.15) is 5.57 Å². The predicted octanol–water partition coefficient (Wildman–Crippen LogP) is 1.51. The number of imide groups is 2. The van der Waals surface area contributed by atoms with Gasteiger partial charge in [0.2, 0.25) is 11.3 Å². The normalized spacial score (nSPS) is 13.7. The summed E-state index contributed by atoms with van der Waals surface area (Å²) in [6.07, 6.45) is 8.28. The second kappa shape index (κ2) is 18.4. The maximum Gasteiger partial charge on any atom is 1.00 e. The van der Waals surface area contributed by atoms with Crippen molar-refractivity contribution in [3.05, 3.63) is 177 Å². The number of urea groups is 1. The molecular formula is C39H29LiN6O8P-. The second-order valence-corrected chi connectivity index (χ2v) is 12.6. The molecule has 14 nitrogen and oxygen atoms in total. The molecule has 0 aliphatic carbocycles. The molecule has 1 fully saturated rings. The van der Waals surface area contributed by atoms with Gasteiger partial charge >= 0.3 is 24.9 Å². The molecule has 0 spiro atoms. The van der Waals surface area contributed by atoms with E-state index in [0.717, 1.165) is 9.47 Å². The van der Waals surface area contributed by atoms with Crippen LogP contribution in [0.1, 0.15) is 21.5 Å². The molecule has 1 atom stereocenters. The van der Waals surface area contributed by atoms with Crippen LogP contribution in [0, 0.1) is 11.6 Å². The summed E-state index contributed by atoms with van der Waals surface area (Å²) in [6.45, 7) is 0. The summed E-state index contributed by atoms with van der Waals surface area (Å²) < 4.78 is 0.901. The third-order valence-corrected chi connectivity index (χ3v) is 8.61. The Kier molecular flexibility index (Phi) is 13.7. The molecule has 16 heteroatoms. The number of benzene rings is 4. The number of nitrogens with zero attached hydrogens (tertiary/aromatic N) is 2. The molecule has 6 rings (SSSR count). The molecule has 1 aromatic heterocycles. The van der Waals surface area contributed by atoms with Crippen LogP contribution in [-0.4, -0.2) is 49.5 Å². The molecule has 2 heterocycles. The number of carbonyl (C=O) groups excluding carboxylic acids is 4. The summed E-state index contributed by atoms with van der Waals surface area (Å²) in [5.41, 5.74) is -0.225. The van der Waals surface area contributed by atoms with Crippen molar-refractivity contribution in [1.29, 1.82) is 5.41 Å². The van der Waals surface area contributed by atoms with Gasteiger partial charge in [-0.1, -0.05) is 90.6 Å². The Labute approximate surface area is 326 Å². The van der Waals surface area contributed by atoms with Gasteiger partial charge in [-0.2, -0.15) is 0 Å². The average molecular weight is 748 g/mol. The first-order valence-corrected chi connectivity index (χ1v) is 16.8. The standard InChI is InChI=1S/C39H28N6O7P.Li.H2O/c40-37(50)53-31-16-8-15-30(22-31)45-36(49)32(34(47)43-39(45)52)20-19-25(24-9-3-1-4-10-24)17-18-27-23-41-38(51)44(35(27)48)29-14-7-13-28(21-29)42-33(46)26-11-5-2-6-12-26;;/h1-22,53H,(H2,40,50)(H,41,51)(H,42,46)(H,43,47,52);;1H2/q-1;+1;/p-1. The Balaban J connectivity index is 0.00000336. The van der Waals surface area contributed by atoms with Crippen LogP contribution in [0.2, 0.25) is 0 Å². The van der Waals surface area contributed by atoms with Crippen LogP contribution in [0.3, 0.4) is 0 Å². The van der Waals surface area contributed by atoms with E-state index in [2.05, 4.69) is 21.8 Å². The van der Waals surface area contributed by atoms with Crippen LogP contribution < -0.4 is 50.9 Å². The zero-order valence-electron chi connectivity index (χ0n) is 28.9. The Morgan fingerprint density at radius 1 is 0.836 bits per heavy atom. The number of hydrogen-bond donors (Lipinski definition) is 5. The van der Waals surface area contributed by atoms with Crippen molar-refractivity contribution in [3.63, 3.8) is 0 Å². The molecule has 4 aromatic carbocycles. The molecule has 0 radical (unpaired) electrons. The number of barbiturate groups is 1. The number of anilines is 2. The minimum absolute atomic E-state index is 0. The van der Waals surface area contributed by atoms with E-state index in [4.69, 9.17) is 5.41 Å². The molecule has 1 saturated heterocycles. The van der Waals surface area contributed by atoms with Crippen molar-refractivity contribution < 1.29 is 48.6 Å². The van der Waals surface area contributed by atoms with Crippen molar-refractivity contribution in [2.75, 3.05) is 10.2 Å². The van der Waals surface area contributed by atoms with Crippen molar-refractivity contribution in [2.24, 2.45) is 0 Å². The minimum atomic E-state index is -0.960. The molecular weight excluding hydrogens is 718 g/mol. The summed E-state index contributed by atoms with van der Waals surface area (Å²) in [5.74, 6) is -2.19. The van der Waals surface area contributed by atoms with Gasteiger partial charge in [-0.05, 0) is 65.0 Å². The van der Waals surface area contributed by atoms with E-state index in [1.165, 1.54) is 36.4 Å². The molecule has 1 aliphatic rings. The molecule has 55 heavy (non-hydrogen) atoms. The molecule has 270 valence electrons. The number of aromatic nitrogens is 2. The van der Waals surface area contributed by atoms with Gasteiger partial charge in [0.05, 0.1) is 5.69 Å². The number of H-pyrrole nitrogens is 1. The van der Waals surface area contributed by atoms with Crippen molar-refractivity contribution in [1.82, 2.24) is 14.9 Å². The molecule has 6 N–H and O–H groups in total. The molecule has 1 aliphatic heterocycles. The first-order chi connectivity index (χ1) is 25.6. The fourth-order valence-corrected chi connectivity index (χ4v) is 5.97. The zero-order valence-corrected chi connectivity index (χ0v) is 29.9. The fourth-order valence-electron chi connectivity index (χ4n) is 5.30. The van der Waals surface area contributed by atoms with E-state index in [-0.39, 0.29) is 52.8 Å². The number of rotatable bonds is 10. The third kappa shape index (κ3) is 9.66. The number of aliphatic hydroxyl groups is 1. The van der Waals surface area contributed by atoms with Crippen molar-refractivity contribution in [3.8, 4) is 5.69 Å². The van der Waals surface area contributed by atoms with Gasteiger partial charge in [-0.15, -0.1) is 6.08 Å². The third-order valence-electron chi connectivity index (χ3n) is 7.77. The monoisotopic (exact) mass is 747 g/mol. The van der Waals surface area contributed by atoms with Crippen LogP contribution in [0.5, 0.6) is 0 Å². The van der Waals surface area contributed by atoms with E-state index in [9.17, 15) is 33.9 Å².